The third-order valence-corrected chi connectivity index (χ3v) is 3.40. The summed E-state index contributed by atoms with van der Waals surface area (Å²) in [7, 11) is 0. The molecule has 0 aliphatic heterocycles. The highest BCUT2D eigenvalue weighted by molar-refractivity contribution is 9.10. The maximum Gasteiger partial charge on any atom is 0.256 e. The summed E-state index contributed by atoms with van der Waals surface area (Å²) in [6.07, 6.45) is 3.38. The van der Waals surface area contributed by atoms with Gasteiger partial charge in [0.15, 0.2) is 0 Å². The highest BCUT2D eigenvalue weighted by Gasteiger charge is 2.08. The first-order chi connectivity index (χ1) is 10.1. The van der Waals surface area contributed by atoms with Gasteiger partial charge in [0.1, 0.15) is 0 Å². The quantitative estimate of drug-likeness (QED) is 0.769. The lowest BCUT2D eigenvalue weighted by atomic mass is 10.2. The van der Waals surface area contributed by atoms with Crippen LogP contribution in [0.1, 0.15) is 5.56 Å². The zero-order chi connectivity index (χ0) is 14.8. The maximum atomic E-state index is 5.95. The number of aryl methyl sites for hydroxylation is 1. The third-order valence-electron chi connectivity index (χ3n) is 2.74. The van der Waals surface area contributed by atoms with Crippen LogP contribution in [0, 0.1) is 6.92 Å². The van der Waals surface area contributed by atoms with E-state index in [9.17, 15) is 0 Å². The first-order valence-corrected chi connectivity index (χ1v) is 7.24. The second-order valence-electron chi connectivity index (χ2n) is 4.26. The summed E-state index contributed by atoms with van der Waals surface area (Å²) < 4.78 is 2.53. The van der Waals surface area contributed by atoms with Crippen LogP contribution in [-0.4, -0.2) is 24.7 Å². The number of halogens is 2. The van der Waals surface area contributed by atoms with Crippen molar-refractivity contribution < 1.29 is 0 Å². The third kappa shape index (κ3) is 3.20. The van der Waals surface area contributed by atoms with E-state index in [-0.39, 0.29) is 5.28 Å². The van der Waals surface area contributed by atoms with E-state index in [2.05, 4.69) is 41.3 Å². The van der Waals surface area contributed by atoms with Crippen molar-refractivity contribution in [2.75, 3.05) is 5.32 Å². The van der Waals surface area contributed by atoms with Crippen molar-refractivity contribution in [3.63, 3.8) is 0 Å². The molecule has 0 saturated carbocycles. The number of hydrogen-bond acceptors (Lipinski definition) is 5. The van der Waals surface area contributed by atoms with Crippen molar-refractivity contribution in [3.05, 3.63) is 52.0 Å². The molecular weight excluding hydrogens is 356 g/mol. The largest absolute Gasteiger partial charge is 0.324 e. The Hall–Kier alpha value is -1.99. The predicted molar refractivity (Wildman–Crippen MR) is 84.1 cm³/mol. The van der Waals surface area contributed by atoms with Crippen molar-refractivity contribution in [2.24, 2.45) is 0 Å². The van der Waals surface area contributed by atoms with Crippen molar-refractivity contribution in [2.45, 2.75) is 6.92 Å². The molecule has 106 valence electrons. The molecule has 0 spiro atoms. The molecule has 2 heterocycles. The van der Waals surface area contributed by atoms with Crippen molar-refractivity contribution >= 4 is 39.2 Å². The molecular formula is C13H10BrClN6. The number of benzene rings is 1. The van der Waals surface area contributed by atoms with E-state index in [0.717, 1.165) is 15.7 Å². The molecule has 0 bridgehead atoms. The van der Waals surface area contributed by atoms with E-state index >= 15 is 0 Å². The fourth-order valence-corrected chi connectivity index (χ4v) is 2.40. The number of aromatic nitrogens is 5. The van der Waals surface area contributed by atoms with Crippen molar-refractivity contribution in [1.29, 1.82) is 0 Å². The minimum atomic E-state index is 0.104. The zero-order valence-corrected chi connectivity index (χ0v) is 13.3. The van der Waals surface area contributed by atoms with Gasteiger partial charge in [0.05, 0.1) is 0 Å². The molecule has 21 heavy (non-hydrogen) atoms. The standard InChI is InChI=1S/C13H10BrClN6/c1-8-7-9(14)3-4-10(8)17-12-18-11(15)19-13(20-12)21-6-2-5-16-21/h2-7H,1H3,(H,17,18,19,20). The van der Waals surface area contributed by atoms with E-state index in [4.69, 9.17) is 11.6 Å². The van der Waals surface area contributed by atoms with Gasteiger partial charge in [-0.3, -0.25) is 0 Å². The summed E-state index contributed by atoms with van der Waals surface area (Å²) in [4.78, 5) is 12.4. The Labute approximate surface area is 134 Å². The molecule has 0 saturated heterocycles. The highest BCUT2D eigenvalue weighted by Crippen LogP contribution is 2.22. The molecule has 6 nitrogen and oxygen atoms in total. The van der Waals surface area contributed by atoms with E-state index in [0.29, 0.717) is 11.9 Å². The van der Waals surface area contributed by atoms with Gasteiger partial charge in [0.2, 0.25) is 11.2 Å². The van der Waals surface area contributed by atoms with Crippen LogP contribution in [0.25, 0.3) is 5.95 Å². The number of anilines is 2. The molecule has 0 amide bonds. The molecule has 0 radical (unpaired) electrons. The molecule has 0 aliphatic rings. The summed E-state index contributed by atoms with van der Waals surface area (Å²) in [5.74, 6) is 0.725. The zero-order valence-electron chi connectivity index (χ0n) is 11.0. The summed E-state index contributed by atoms with van der Waals surface area (Å²) >= 11 is 9.38. The lowest BCUT2D eigenvalue weighted by Gasteiger charge is -2.09. The minimum absolute atomic E-state index is 0.104. The van der Waals surface area contributed by atoms with Crippen molar-refractivity contribution in [1.82, 2.24) is 24.7 Å². The van der Waals surface area contributed by atoms with Gasteiger partial charge in [-0.2, -0.15) is 20.1 Å². The highest BCUT2D eigenvalue weighted by atomic mass is 79.9. The first kappa shape index (κ1) is 14.0. The second kappa shape index (κ2) is 5.79. The lowest BCUT2D eigenvalue weighted by Crippen LogP contribution is -2.07. The summed E-state index contributed by atoms with van der Waals surface area (Å²) in [5.41, 5.74) is 1.95. The summed E-state index contributed by atoms with van der Waals surface area (Å²) in [5, 5.41) is 7.31. The monoisotopic (exact) mass is 364 g/mol. The SMILES string of the molecule is Cc1cc(Br)ccc1Nc1nc(Cl)nc(-n2cccn2)n1. The number of rotatable bonds is 3. The van der Waals surface area contributed by atoms with Crippen LogP contribution in [0.3, 0.4) is 0 Å². The van der Waals surface area contributed by atoms with Crippen LogP contribution in [0.4, 0.5) is 11.6 Å². The summed E-state index contributed by atoms with van der Waals surface area (Å²) in [6, 6.07) is 7.65. The van der Waals surface area contributed by atoms with Crippen LogP contribution in [0.15, 0.2) is 41.1 Å². The topological polar surface area (TPSA) is 68.5 Å². The van der Waals surface area contributed by atoms with E-state index in [1.54, 1.807) is 18.5 Å². The van der Waals surface area contributed by atoms with Gasteiger partial charge in [-0.15, -0.1) is 0 Å². The van der Waals surface area contributed by atoms with Gasteiger partial charge in [0.25, 0.3) is 5.95 Å². The van der Waals surface area contributed by atoms with Gasteiger partial charge in [-0.25, -0.2) is 4.68 Å². The Morgan fingerprint density at radius 1 is 1.24 bits per heavy atom. The normalized spacial score (nSPS) is 10.6. The Bertz CT molecular complexity index is 774. The van der Waals surface area contributed by atoms with Gasteiger partial charge in [-0.1, -0.05) is 15.9 Å². The van der Waals surface area contributed by atoms with Crippen LogP contribution in [0.5, 0.6) is 0 Å². The predicted octanol–water partition coefficient (Wildman–Crippen LogP) is 3.53. The van der Waals surface area contributed by atoms with Crippen LogP contribution in [0.2, 0.25) is 5.28 Å². The van der Waals surface area contributed by atoms with Gasteiger partial charge >= 0.3 is 0 Å². The van der Waals surface area contributed by atoms with Gasteiger partial charge in [0, 0.05) is 22.6 Å². The Kier molecular flexibility index (Phi) is 3.85. The Morgan fingerprint density at radius 2 is 2.10 bits per heavy atom. The molecule has 0 fully saturated rings. The molecule has 8 heteroatoms. The van der Waals surface area contributed by atoms with E-state index in [1.165, 1.54) is 4.68 Å². The van der Waals surface area contributed by atoms with E-state index in [1.807, 2.05) is 25.1 Å². The van der Waals surface area contributed by atoms with Crippen LogP contribution >= 0.6 is 27.5 Å². The van der Waals surface area contributed by atoms with E-state index < -0.39 is 0 Å². The Morgan fingerprint density at radius 3 is 2.81 bits per heavy atom. The number of hydrogen-bond donors (Lipinski definition) is 1. The number of nitrogens with one attached hydrogen (secondary N) is 1. The van der Waals surface area contributed by atoms with Gasteiger partial charge < -0.3 is 5.32 Å². The minimum Gasteiger partial charge on any atom is -0.324 e. The molecule has 1 N–H and O–H groups in total. The van der Waals surface area contributed by atoms with Gasteiger partial charge in [-0.05, 0) is 48.4 Å². The second-order valence-corrected chi connectivity index (χ2v) is 5.52. The number of nitrogens with zero attached hydrogens (tertiary/aromatic N) is 5. The molecule has 0 unspecified atom stereocenters. The fourth-order valence-electron chi connectivity index (χ4n) is 1.77. The van der Waals surface area contributed by atoms with Crippen LogP contribution in [-0.2, 0) is 0 Å². The smallest absolute Gasteiger partial charge is 0.256 e. The van der Waals surface area contributed by atoms with Crippen molar-refractivity contribution in [3.8, 4) is 5.95 Å². The molecule has 0 atom stereocenters. The molecule has 2 aromatic heterocycles. The maximum absolute atomic E-state index is 5.95. The average molecular weight is 366 g/mol. The molecule has 1 aromatic carbocycles. The molecule has 3 rings (SSSR count). The average Bonchev–Trinajstić information content (AvgIpc) is 2.95. The summed E-state index contributed by atoms with van der Waals surface area (Å²) in [6.45, 7) is 1.99. The molecule has 3 aromatic rings. The van der Waals surface area contributed by atoms with Crippen LogP contribution < -0.4 is 5.32 Å². The Balaban J connectivity index is 1.95. The lowest BCUT2D eigenvalue weighted by molar-refractivity contribution is 0.798. The first-order valence-electron chi connectivity index (χ1n) is 6.06. The fraction of sp³-hybridized carbons (Fsp3) is 0.0769. The molecule has 0 aliphatic carbocycles.